The lowest BCUT2D eigenvalue weighted by Gasteiger charge is -2.28. The normalized spacial score (nSPS) is 16.9. The van der Waals surface area contributed by atoms with Crippen molar-refractivity contribution in [3.05, 3.63) is 34.3 Å². The van der Waals surface area contributed by atoms with Crippen molar-refractivity contribution in [3.63, 3.8) is 0 Å². The van der Waals surface area contributed by atoms with Gasteiger partial charge >= 0.3 is 0 Å². The summed E-state index contributed by atoms with van der Waals surface area (Å²) >= 11 is 3.51. The average Bonchev–Trinajstić information content (AvgIpc) is 2.82. The quantitative estimate of drug-likeness (QED) is 0.902. The zero-order valence-corrected chi connectivity index (χ0v) is 11.7. The molecule has 0 unspecified atom stereocenters. The van der Waals surface area contributed by atoms with E-state index in [1.165, 1.54) is 31.2 Å². The van der Waals surface area contributed by atoms with Crippen LogP contribution in [0.15, 0.2) is 28.7 Å². The van der Waals surface area contributed by atoms with E-state index in [4.69, 9.17) is 0 Å². The third-order valence-electron chi connectivity index (χ3n) is 3.50. The van der Waals surface area contributed by atoms with E-state index in [1.54, 1.807) is 0 Å². The predicted molar refractivity (Wildman–Crippen MR) is 73.9 cm³/mol. The highest BCUT2D eigenvalue weighted by atomic mass is 79.9. The summed E-state index contributed by atoms with van der Waals surface area (Å²) in [5, 5.41) is 9.18. The molecule has 2 rings (SSSR count). The van der Waals surface area contributed by atoms with Crippen LogP contribution in [0.25, 0.3) is 0 Å². The Kier molecular flexibility index (Phi) is 5.01. The first-order valence-corrected chi connectivity index (χ1v) is 7.18. The van der Waals surface area contributed by atoms with E-state index in [0.29, 0.717) is 6.04 Å². The molecular weight excluding hydrogens is 278 g/mol. The molecule has 1 aliphatic carbocycles. The van der Waals surface area contributed by atoms with Gasteiger partial charge in [0.1, 0.15) is 0 Å². The number of rotatable bonds is 5. The number of hydrogen-bond donors (Lipinski definition) is 1. The monoisotopic (exact) mass is 297 g/mol. The molecule has 0 amide bonds. The maximum atomic E-state index is 9.18. The van der Waals surface area contributed by atoms with Crippen molar-refractivity contribution < 1.29 is 5.11 Å². The van der Waals surface area contributed by atoms with Crippen LogP contribution in [0, 0.1) is 0 Å². The highest BCUT2D eigenvalue weighted by molar-refractivity contribution is 9.10. The molecule has 0 atom stereocenters. The highest BCUT2D eigenvalue weighted by Gasteiger charge is 2.22. The van der Waals surface area contributed by atoms with Gasteiger partial charge in [-0.25, -0.2) is 0 Å². The first-order valence-electron chi connectivity index (χ1n) is 6.39. The summed E-state index contributed by atoms with van der Waals surface area (Å²) < 4.78 is 1.13. The molecule has 0 aromatic heterocycles. The van der Waals surface area contributed by atoms with Crippen LogP contribution in [0.4, 0.5) is 0 Å². The van der Waals surface area contributed by atoms with Gasteiger partial charge in [-0.2, -0.15) is 0 Å². The number of hydrogen-bond acceptors (Lipinski definition) is 2. The topological polar surface area (TPSA) is 23.5 Å². The molecule has 0 aliphatic heterocycles. The van der Waals surface area contributed by atoms with Gasteiger partial charge in [0.05, 0.1) is 6.61 Å². The van der Waals surface area contributed by atoms with E-state index in [1.807, 2.05) is 0 Å². The van der Waals surface area contributed by atoms with Crippen molar-refractivity contribution >= 4 is 15.9 Å². The Labute approximate surface area is 112 Å². The molecule has 0 bridgehead atoms. The van der Waals surface area contributed by atoms with Crippen molar-refractivity contribution in [1.29, 1.82) is 0 Å². The Morgan fingerprint density at radius 3 is 2.71 bits per heavy atom. The van der Waals surface area contributed by atoms with E-state index in [-0.39, 0.29) is 6.61 Å². The maximum Gasteiger partial charge on any atom is 0.0558 e. The van der Waals surface area contributed by atoms with Crippen molar-refractivity contribution in [3.8, 4) is 0 Å². The standard InChI is InChI=1S/C14H20BrNO/c15-13-5-3-4-12(10-13)11-16(8-9-17)14-6-1-2-7-14/h3-5,10,14,17H,1-2,6-9,11H2. The van der Waals surface area contributed by atoms with Crippen LogP contribution in [0.3, 0.4) is 0 Å². The van der Waals surface area contributed by atoms with Gasteiger partial charge in [-0.1, -0.05) is 40.9 Å². The molecule has 1 aliphatic rings. The maximum absolute atomic E-state index is 9.18. The van der Waals surface area contributed by atoms with Gasteiger partial charge in [-0.05, 0) is 30.5 Å². The van der Waals surface area contributed by atoms with Gasteiger partial charge < -0.3 is 5.11 Å². The van der Waals surface area contributed by atoms with E-state index in [0.717, 1.165) is 17.6 Å². The first kappa shape index (κ1) is 13.1. The minimum Gasteiger partial charge on any atom is -0.395 e. The van der Waals surface area contributed by atoms with Crippen molar-refractivity contribution in [2.75, 3.05) is 13.2 Å². The van der Waals surface area contributed by atoms with Gasteiger partial charge in [-0.3, -0.25) is 4.90 Å². The fourth-order valence-electron chi connectivity index (χ4n) is 2.66. The molecule has 17 heavy (non-hydrogen) atoms. The molecule has 1 fully saturated rings. The van der Waals surface area contributed by atoms with Gasteiger partial charge in [0.2, 0.25) is 0 Å². The van der Waals surface area contributed by atoms with Gasteiger partial charge in [0.15, 0.2) is 0 Å². The van der Waals surface area contributed by atoms with Crippen molar-refractivity contribution in [2.45, 2.75) is 38.3 Å². The van der Waals surface area contributed by atoms with Crippen LogP contribution in [0.5, 0.6) is 0 Å². The third kappa shape index (κ3) is 3.80. The Morgan fingerprint density at radius 2 is 2.06 bits per heavy atom. The lowest BCUT2D eigenvalue weighted by molar-refractivity contribution is 0.145. The minimum absolute atomic E-state index is 0.254. The van der Waals surface area contributed by atoms with Gasteiger partial charge in [-0.15, -0.1) is 0 Å². The number of halogens is 1. The van der Waals surface area contributed by atoms with E-state index < -0.39 is 0 Å². The van der Waals surface area contributed by atoms with Crippen LogP contribution >= 0.6 is 15.9 Å². The van der Waals surface area contributed by atoms with Crippen LogP contribution in [-0.4, -0.2) is 29.2 Å². The van der Waals surface area contributed by atoms with Crippen LogP contribution < -0.4 is 0 Å². The molecular formula is C14H20BrNO. The van der Waals surface area contributed by atoms with Gasteiger partial charge in [0, 0.05) is 23.6 Å². The zero-order valence-electron chi connectivity index (χ0n) is 10.1. The Hall–Kier alpha value is -0.380. The van der Waals surface area contributed by atoms with E-state index >= 15 is 0 Å². The SMILES string of the molecule is OCCN(Cc1cccc(Br)c1)C1CCCC1. The van der Waals surface area contributed by atoms with Crippen molar-refractivity contribution in [2.24, 2.45) is 0 Å². The van der Waals surface area contributed by atoms with E-state index in [2.05, 4.69) is 45.1 Å². The molecule has 1 aromatic rings. The predicted octanol–water partition coefficient (Wildman–Crippen LogP) is 3.19. The Balaban J connectivity index is 2.01. The lowest BCUT2D eigenvalue weighted by Crippen LogP contribution is -2.35. The smallest absolute Gasteiger partial charge is 0.0558 e. The fourth-order valence-corrected chi connectivity index (χ4v) is 3.11. The summed E-state index contributed by atoms with van der Waals surface area (Å²) in [7, 11) is 0. The van der Waals surface area contributed by atoms with Crippen LogP contribution in [0.1, 0.15) is 31.2 Å². The molecule has 3 heteroatoms. The second kappa shape index (κ2) is 6.53. The number of aliphatic hydroxyl groups is 1. The molecule has 2 nitrogen and oxygen atoms in total. The molecule has 0 spiro atoms. The van der Waals surface area contributed by atoms with Crippen LogP contribution in [0.2, 0.25) is 0 Å². The van der Waals surface area contributed by atoms with Gasteiger partial charge in [0.25, 0.3) is 0 Å². The summed E-state index contributed by atoms with van der Waals surface area (Å²) in [6, 6.07) is 9.12. The summed E-state index contributed by atoms with van der Waals surface area (Å²) in [5.74, 6) is 0. The highest BCUT2D eigenvalue weighted by Crippen LogP contribution is 2.25. The molecule has 0 saturated heterocycles. The molecule has 1 aromatic carbocycles. The third-order valence-corrected chi connectivity index (χ3v) is 4.00. The fraction of sp³-hybridized carbons (Fsp3) is 0.571. The summed E-state index contributed by atoms with van der Waals surface area (Å²) in [4.78, 5) is 2.43. The minimum atomic E-state index is 0.254. The average molecular weight is 298 g/mol. The van der Waals surface area contributed by atoms with Crippen LogP contribution in [-0.2, 0) is 6.54 Å². The summed E-state index contributed by atoms with van der Waals surface area (Å²) in [5.41, 5.74) is 1.32. The number of nitrogens with zero attached hydrogens (tertiary/aromatic N) is 1. The van der Waals surface area contributed by atoms with E-state index in [9.17, 15) is 5.11 Å². The first-order chi connectivity index (χ1) is 8.29. The Morgan fingerprint density at radius 1 is 1.29 bits per heavy atom. The Bertz CT molecular complexity index is 350. The molecule has 0 radical (unpaired) electrons. The number of aliphatic hydroxyl groups excluding tert-OH is 1. The largest absolute Gasteiger partial charge is 0.395 e. The molecule has 1 saturated carbocycles. The lowest BCUT2D eigenvalue weighted by atomic mass is 10.1. The second-order valence-electron chi connectivity index (χ2n) is 4.76. The van der Waals surface area contributed by atoms with Crippen molar-refractivity contribution in [1.82, 2.24) is 4.90 Å². The zero-order chi connectivity index (χ0) is 12.1. The molecule has 1 N–H and O–H groups in total. The molecule has 94 valence electrons. The summed E-state index contributed by atoms with van der Waals surface area (Å²) in [6.45, 7) is 1.99. The summed E-state index contributed by atoms with van der Waals surface area (Å²) in [6.07, 6.45) is 5.25. The second-order valence-corrected chi connectivity index (χ2v) is 5.68. The number of benzene rings is 1. The molecule has 0 heterocycles.